The molecule has 0 bridgehead atoms. The summed E-state index contributed by atoms with van der Waals surface area (Å²) in [7, 11) is 6.63. The number of hydrogen-bond acceptors (Lipinski definition) is 7. The quantitative estimate of drug-likeness (QED) is 0.265. The summed E-state index contributed by atoms with van der Waals surface area (Å²) in [6.45, 7) is 3.42. The second-order valence-corrected chi connectivity index (χ2v) is 9.22. The van der Waals surface area contributed by atoms with Crippen molar-refractivity contribution in [3.8, 4) is 17.2 Å². The van der Waals surface area contributed by atoms with E-state index in [9.17, 15) is 14.7 Å². The fraction of sp³-hybridized carbons (Fsp3) is 0.385. The molecule has 1 aliphatic heterocycles. The summed E-state index contributed by atoms with van der Waals surface area (Å²) in [4.78, 5) is 29.9. The van der Waals surface area contributed by atoms with E-state index in [4.69, 9.17) is 37.4 Å². The molecule has 0 radical (unpaired) electrons. The minimum absolute atomic E-state index is 0.0341. The summed E-state index contributed by atoms with van der Waals surface area (Å²) in [6.07, 6.45) is 0.636. The lowest BCUT2D eigenvalue weighted by Gasteiger charge is -2.26. The van der Waals surface area contributed by atoms with Crippen molar-refractivity contribution in [2.24, 2.45) is 0 Å². The number of ether oxygens (including phenoxy) is 3. The number of aliphatic hydroxyl groups excluding tert-OH is 1. The van der Waals surface area contributed by atoms with E-state index in [1.807, 2.05) is 25.9 Å². The monoisotopic (exact) mass is 536 g/mol. The zero-order valence-electron chi connectivity index (χ0n) is 20.9. The minimum atomic E-state index is -0.827. The summed E-state index contributed by atoms with van der Waals surface area (Å²) in [5.41, 5.74) is 0.647. The third-order valence-electron chi connectivity index (χ3n) is 5.85. The Bertz CT molecular complexity index is 1160. The molecule has 0 saturated carbocycles. The van der Waals surface area contributed by atoms with Crippen LogP contribution in [0.4, 0.5) is 0 Å². The Labute approximate surface area is 220 Å². The first-order valence-corrected chi connectivity index (χ1v) is 12.2. The van der Waals surface area contributed by atoms with Crippen LogP contribution in [0.5, 0.6) is 17.2 Å². The van der Waals surface area contributed by atoms with E-state index in [1.165, 1.54) is 25.2 Å². The summed E-state index contributed by atoms with van der Waals surface area (Å²) >= 11 is 12.7. The number of methoxy groups -OCH3 is 2. The third-order valence-corrected chi connectivity index (χ3v) is 6.47. The molecule has 8 nitrogen and oxygen atoms in total. The van der Waals surface area contributed by atoms with Gasteiger partial charge in [0.05, 0.1) is 43.0 Å². The van der Waals surface area contributed by atoms with Crippen LogP contribution in [0, 0.1) is 0 Å². The van der Waals surface area contributed by atoms with E-state index in [0.717, 1.165) is 6.54 Å². The first-order chi connectivity index (χ1) is 17.2. The first-order valence-electron chi connectivity index (χ1n) is 11.4. The summed E-state index contributed by atoms with van der Waals surface area (Å²) in [5.74, 6) is -1.05. The molecule has 3 rings (SSSR count). The van der Waals surface area contributed by atoms with Crippen LogP contribution in [0.25, 0.3) is 5.76 Å². The van der Waals surface area contributed by atoms with Gasteiger partial charge in [-0.3, -0.25) is 9.59 Å². The van der Waals surface area contributed by atoms with E-state index in [-0.39, 0.29) is 32.7 Å². The predicted molar refractivity (Wildman–Crippen MR) is 139 cm³/mol. The fourth-order valence-corrected chi connectivity index (χ4v) is 4.91. The number of likely N-dealkylation sites (tertiary alicyclic amines) is 1. The van der Waals surface area contributed by atoms with Crippen molar-refractivity contribution in [1.29, 1.82) is 0 Å². The molecule has 36 heavy (non-hydrogen) atoms. The molecule has 0 spiro atoms. The Hall–Kier alpha value is -2.94. The van der Waals surface area contributed by atoms with Gasteiger partial charge in [0.15, 0.2) is 11.5 Å². The lowest BCUT2D eigenvalue weighted by molar-refractivity contribution is -0.139. The Morgan fingerprint density at radius 2 is 1.72 bits per heavy atom. The Kier molecular flexibility index (Phi) is 9.11. The van der Waals surface area contributed by atoms with Crippen LogP contribution >= 0.6 is 23.2 Å². The largest absolute Gasteiger partial charge is 0.507 e. The van der Waals surface area contributed by atoms with Crippen LogP contribution in [-0.4, -0.2) is 74.6 Å². The smallest absolute Gasteiger partial charge is 0.295 e. The van der Waals surface area contributed by atoms with Crippen LogP contribution in [0.3, 0.4) is 0 Å². The summed E-state index contributed by atoms with van der Waals surface area (Å²) in [5, 5.41) is 11.6. The highest BCUT2D eigenvalue weighted by molar-refractivity contribution is 6.47. The molecular weight excluding hydrogens is 507 g/mol. The maximum Gasteiger partial charge on any atom is 0.295 e. The van der Waals surface area contributed by atoms with E-state index in [0.29, 0.717) is 30.9 Å². The molecule has 1 heterocycles. The van der Waals surface area contributed by atoms with Gasteiger partial charge in [0.25, 0.3) is 11.7 Å². The van der Waals surface area contributed by atoms with Crippen molar-refractivity contribution in [3.05, 3.63) is 57.1 Å². The molecule has 0 aromatic heterocycles. The lowest BCUT2D eigenvalue weighted by atomic mass is 9.94. The van der Waals surface area contributed by atoms with Crippen molar-refractivity contribution >= 4 is 40.7 Å². The van der Waals surface area contributed by atoms with Gasteiger partial charge in [-0.25, -0.2) is 0 Å². The number of hydrogen-bond donors (Lipinski definition) is 1. The average Bonchev–Trinajstić information content (AvgIpc) is 3.09. The maximum absolute atomic E-state index is 13.3. The molecule has 0 aliphatic carbocycles. The van der Waals surface area contributed by atoms with Crippen molar-refractivity contribution in [1.82, 2.24) is 9.80 Å². The molecule has 10 heteroatoms. The van der Waals surface area contributed by atoms with E-state index >= 15 is 0 Å². The number of carbonyl (C=O) groups is 2. The van der Waals surface area contributed by atoms with Gasteiger partial charge < -0.3 is 29.1 Å². The van der Waals surface area contributed by atoms with Crippen molar-refractivity contribution < 1.29 is 28.9 Å². The third kappa shape index (κ3) is 5.40. The van der Waals surface area contributed by atoms with Gasteiger partial charge in [0.2, 0.25) is 0 Å². The molecule has 194 valence electrons. The van der Waals surface area contributed by atoms with Crippen LogP contribution in [-0.2, 0) is 9.59 Å². The highest BCUT2D eigenvalue weighted by Gasteiger charge is 2.46. The lowest BCUT2D eigenvalue weighted by Crippen LogP contribution is -2.32. The van der Waals surface area contributed by atoms with Gasteiger partial charge in [-0.2, -0.15) is 0 Å². The van der Waals surface area contributed by atoms with Crippen LogP contribution < -0.4 is 14.2 Å². The molecule has 1 unspecified atom stereocenters. The van der Waals surface area contributed by atoms with Crippen molar-refractivity contribution in [3.63, 3.8) is 0 Å². The Morgan fingerprint density at radius 3 is 2.28 bits per heavy atom. The zero-order chi connectivity index (χ0) is 26.6. The number of Topliss-reactive ketones (excluding diaryl/α,β-unsaturated/α-hetero) is 1. The fourth-order valence-electron chi connectivity index (χ4n) is 4.22. The number of aliphatic hydroxyl groups is 1. The van der Waals surface area contributed by atoms with Crippen molar-refractivity contribution in [2.75, 3.05) is 48.0 Å². The molecule has 1 aliphatic rings. The maximum atomic E-state index is 13.3. The molecule has 1 N–H and O–H groups in total. The van der Waals surface area contributed by atoms with Gasteiger partial charge in [0, 0.05) is 6.54 Å². The van der Waals surface area contributed by atoms with Crippen LogP contribution in [0.2, 0.25) is 10.0 Å². The number of ketones is 1. The summed E-state index contributed by atoms with van der Waals surface area (Å²) in [6, 6.07) is 7.65. The summed E-state index contributed by atoms with van der Waals surface area (Å²) < 4.78 is 16.2. The first kappa shape index (κ1) is 27.6. The topological polar surface area (TPSA) is 88.5 Å². The molecule has 1 atom stereocenters. The number of nitrogens with zero attached hydrogens (tertiary/aromatic N) is 2. The Balaban J connectivity index is 2.20. The molecule has 2 aromatic rings. The minimum Gasteiger partial charge on any atom is -0.507 e. The van der Waals surface area contributed by atoms with Gasteiger partial charge in [-0.15, -0.1) is 0 Å². The van der Waals surface area contributed by atoms with E-state index in [2.05, 4.69) is 0 Å². The molecule has 1 amide bonds. The predicted octanol–water partition coefficient (Wildman–Crippen LogP) is 4.78. The van der Waals surface area contributed by atoms with Crippen LogP contribution in [0.15, 0.2) is 35.9 Å². The van der Waals surface area contributed by atoms with Crippen molar-refractivity contribution in [2.45, 2.75) is 19.4 Å². The zero-order valence-corrected chi connectivity index (χ0v) is 22.4. The average molecular weight is 537 g/mol. The second kappa shape index (κ2) is 11.9. The molecule has 2 aromatic carbocycles. The van der Waals surface area contributed by atoms with Gasteiger partial charge in [-0.05, 0) is 57.7 Å². The molecular formula is C26H30Cl2N2O6. The number of halogens is 2. The number of amides is 1. The van der Waals surface area contributed by atoms with Crippen LogP contribution in [0.1, 0.15) is 30.5 Å². The highest BCUT2D eigenvalue weighted by atomic mass is 35.5. The number of rotatable bonds is 10. The normalized spacial score (nSPS) is 17.1. The number of carbonyl (C=O) groups excluding carboxylic acids is 2. The Morgan fingerprint density at radius 1 is 1.08 bits per heavy atom. The van der Waals surface area contributed by atoms with Gasteiger partial charge in [-0.1, -0.05) is 35.3 Å². The second-order valence-electron chi connectivity index (χ2n) is 8.44. The molecule has 1 fully saturated rings. The van der Waals surface area contributed by atoms with E-state index < -0.39 is 23.5 Å². The van der Waals surface area contributed by atoms with E-state index in [1.54, 1.807) is 24.3 Å². The van der Waals surface area contributed by atoms with Gasteiger partial charge in [0.1, 0.15) is 16.5 Å². The molecule has 1 saturated heterocycles. The number of benzene rings is 2. The highest BCUT2D eigenvalue weighted by Crippen LogP contribution is 2.47. The SMILES string of the molecule is CCOc1ccc(C2/C(=C(\O)c3cc(Cl)c(OC)c(Cl)c3OC)C(=O)C(=O)N2CCCN(C)C)cc1. The standard InChI is InChI=1S/C26H30Cl2N2O6/c1-6-36-16-10-8-15(9-11-16)21-19(23(32)26(33)30(21)13-7-12-29(2)3)22(31)17-14-18(27)25(35-5)20(28)24(17)34-4/h8-11,14,21,31H,6-7,12-13H2,1-5H3/b22-19+. The van der Waals surface area contributed by atoms with Gasteiger partial charge >= 0.3 is 0 Å².